The van der Waals surface area contributed by atoms with Gasteiger partial charge in [0, 0.05) is 25.0 Å². The third-order valence-corrected chi connectivity index (χ3v) is 3.87. The van der Waals surface area contributed by atoms with Crippen molar-refractivity contribution in [3.8, 4) is 0 Å². The molecule has 0 fully saturated rings. The van der Waals surface area contributed by atoms with Crippen molar-refractivity contribution in [2.24, 2.45) is 0 Å². The smallest absolute Gasteiger partial charge is 0.313 e. The summed E-state index contributed by atoms with van der Waals surface area (Å²) >= 11 is 0. The summed E-state index contributed by atoms with van der Waals surface area (Å²) in [5.41, 5.74) is 1.73. The Bertz CT molecular complexity index is 700. The van der Waals surface area contributed by atoms with Crippen LogP contribution in [0.5, 0.6) is 0 Å². The van der Waals surface area contributed by atoms with Crippen molar-refractivity contribution in [3.63, 3.8) is 0 Å². The number of rotatable bonds is 2. The maximum atomic E-state index is 12.5. The van der Waals surface area contributed by atoms with Gasteiger partial charge in [-0.15, -0.1) is 0 Å². The molecule has 21 heavy (non-hydrogen) atoms. The Kier molecular flexibility index (Phi) is 3.17. The highest BCUT2D eigenvalue weighted by Crippen LogP contribution is 2.41. The van der Waals surface area contributed by atoms with Crippen LogP contribution in [0.4, 0.5) is 0 Å². The molecule has 5 nitrogen and oxygen atoms in total. The molecule has 0 radical (unpaired) electrons. The number of fused-ring (bicyclic) bond motifs is 1. The number of benzene rings is 1. The molecule has 3 rings (SSSR count). The number of amides is 1. The van der Waals surface area contributed by atoms with Crippen LogP contribution in [0, 0.1) is 0 Å². The first-order valence-electron chi connectivity index (χ1n) is 6.60. The van der Waals surface area contributed by atoms with Crippen LogP contribution >= 0.6 is 0 Å². The van der Waals surface area contributed by atoms with Gasteiger partial charge in [0.05, 0.1) is 6.04 Å². The summed E-state index contributed by atoms with van der Waals surface area (Å²) in [6, 6.07) is 9.87. The minimum atomic E-state index is -0.948. The minimum absolute atomic E-state index is 0.169. The van der Waals surface area contributed by atoms with E-state index in [2.05, 4.69) is 4.98 Å². The average molecular weight is 282 g/mol. The average Bonchev–Trinajstić information content (AvgIpc) is 2.51. The van der Waals surface area contributed by atoms with E-state index in [4.69, 9.17) is 0 Å². The van der Waals surface area contributed by atoms with Gasteiger partial charge in [-0.1, -0.05) is 24.3 Å². The number of hydrogen-bond donors (Lipinski definition) is 1. The molecule has 2 aromatic rings. The zero-order chi connectivity index (χ0) is 15.0. The number of pyridine rings is 1. The van der Waals surface area contributed by atoms with E-state index in [0.29, 0.717) is 11.1 Å². The summed E-state index contributed by atoms with van der Waals surface area (Å²) in [4.78, 5) is 29.8. The summed E-state index contributed by atoms with van der Waals surface area (Å²) < 4.78 is 0. The van der Waals surface area contributed by atoms with E-state index in [0.717, 1.165) is 5.56 Å². The van der Waals surface area contributed by atoms with Gasteiger partial charge in [0.25, 0.3) is 5.91 Å². The topological polar surface area (TPSA) is 70.5 Å². The van der Waals surface area contributed by atoms with E-state index in [1.807, 2.05) is 0 Å². The lowest BCUT2D eigenvalue weighted by molar-refractivity contribution is -0.140. The van der Waals surface area contributed by atoms with E-state index in [1.165, 1.54) is 4.90 Å². The monoisotopic (exact) mass is 282 g/mol. The molecule has 1 aromatic heterocycles. The largest absolute Gasteiger partial charge is 0.481 e. The Morgan fingerprint density at radius 1 is 1.24 bits per heavy atom. The maximum Gasteiger partial charge on any atom is 0.313 e. The second kappa shape index (κ2) is 5.01. The van der Waals surface area contributed by atoms with Gasteiger partial charge in [-0.2, -0.15) is 0 Å². The van der Waals surface area contributed by atoms with Crippen LogP contribution in [0.25, 0.3) is 0 Å². The van der Waals surface area contributed by atoms with Crippen LogP contribution in [0.3, 0.4) is 0 Å². The van der Waals surface area contributed by atoms with Crippen molar-refractivity contribution in [1.29, 1.82) is 0 Å². The highest BCUT2D eigenvalue weighted by Gasteiger charge is 2.42. The second-order valence-electron chi connectivity index (χ2n) is 5.05. The summed E-state index contributed by atoms with van der Waals surface area (Å²) in [5, 5.41) is 9.66. The Hall–Kier alpha value is -2.69. The molecule has 106 valence electrons. The molecule has 1 aliphatic heterocycles. The minimum Gasteiger partial charge on any atom is -0.481 e. The quantitative estimate of drug-likeness (QED) is 0.915. The molecule has 2 heterocycles. The normalized spacial score (nSPS) is 21.0. The first-order chi connectivity index (χ1) is 10.1. The third-order valence-electron chi connectivity index (χ3n) is 3.87. The molecule has 0 saturated carbocycles. The van der Waals surface area contributed by atoms with Crippen LogP contribution in [0.2, 0.25) is 0 Å². The van der Waals surface area contributed by atoms with Crippen LogP contribution in [0.1, 0.15) is 33.4 Å². The van der Waals surface area contributed by atoms with Gasteiger partial charge in [-0.05, 0) is 23.3 Å². The molecule has 0 aliphatic carbocycles. The molecule has 0 spiro atoms. The van der Waals surface area contributed by atoms with Gasteiger partial charge in [0.1, 0.15) is 5.92 Å². The molecule has 0 saturated heterocycles. The predicted octanol–water partition coefficient (Wildman–Crippen LogP) is 2.08. The first kappa shape index (κ1) is 13.3. The standard InChI is InChI=1S/C16H14N2O3/c1-18-14(10-5-4-8-17-9-10)13(16(20)21)11-6-2-3-7-12(11)15(18)19/h2-9,13-14H,1H3,(H,20,21). The van der Waals surface area contributed by atoms with Gasteiger partial charge >= 0.3 is 5.97 Å². The van der Waals surface area contributed by atoms with Gasteiger partial charge in [-0.3, -0.25) is 14.6 Å². The van der Waals surface area contributed by atoms with Gasteiger partial charge in [0.15, 0.2) is 0 Å². The fraction of sp³-hybridized carbons (Fsp3) is 0.188. The maximum absolute atomic E-state index is 12.5. The van der Waals surface area contributed by atoms with E-state index >= 15 is 0 Å². The number of carboxylic acid groups (broad SMARTS) is 1. The number of carboxylic acids is 1. The Morgan fingerprint density at radius 3 is 2.67 bits per heavy atom. The number of likely N-dealkylation sites (N-methyl/N-ethyl adjacent to an activating group) is 1. The number of hydrogen-bond acceptors (Lipinski definition) is 3. The molecular formula is C16H14N2O3. The van der Waals surface area contributed by atoms with Crippen LogP contribution in [-0.2, 0) is 4.79 Å². The van der Waals surface area contributed by atoms with E-state index in [1.54, 1.807) is 55.8 Å². The number of carbonyl (C=O) groups excluding carboxylic acids is 1. The number of nitrogens with zero attached hydrogens (tertiary/aromatic N) is 2. The zero-order valence-corrected chi connectivity index (χ0v) is 11.4. The van der Waals surface area contributed by atoms with Crippen molar-refractivity contribution in [3.05, 3.63) is 65.5 Å². The van der Waals surface area contributed by atoms with Crippen molar-refractivity contribution >= 4 is 11.9 Å². The molecule has 2 unspecified atom stereocenters. The first-order valence-corrected chi connectivity index (χ1v) is 6.60. The van der Waals surface area contributed by atoms with E-state index in [-0.39, 0.29) is 5.91 Å². The van der Waals surface area contributed by atoms with Gasteiger partial charge in [-0.25, -0.2) is 0 Å². The molecule has 0 bridgehead atoms. The second-order valence-corrected chi connectivity index (χ2v) is 5.05. The van der Waals surface area contributed by atoms with E-state index in [9.17, 15) is 14.7 Å². The highest BCUT2D eigenvalue weighted by molar-refractivity contribution is 6.00. The Morgan fingerprint density at radius 2 is 2.00 bits per heavy atom. The van der Waals surface area contributed by atoms with Crippen molar-refractivity contribution in [2.75, 3.05) is 7.05 Å². The lowest BCUT2D eigenvalue weighted by Crippen LogP contribution is -2.42. The van der Waals surface area contributed by atoms with E-state index < -0.39 is 17.9 Å². The Balaban J connectivity index is 2.20. The fourth-order valence-corrected chi connectivity index (χ4v) is 2.91. The van der Waals surface area contributed by atoms with Crippen LogP contribution in [-0.4, -0.2) is 33.9 Å². The SMILES string of the molecule is CN1C(=O)c2ccccc2C(C(=O)O)C1c1cccnc1. The fourth-order valence-electron chi connectivity index (χ4n) is 2.91. The van der Waals surface area contributed by atoms with Gasteiger partial charge in [0.2, 0.25) is 0 Å². The molecule has 2 atom stereocenters. The van der Waals surface area contributed by atoms with Crippen molar-refractivity contribution in [2.45, 2.75) is 12.0 Å². The lowest BCUT2D eigenvalue weighted by Gasteiger charge is -2.38. The molecule has 1 aromatic carbocycles. The zero-order valence-electron chi connectivity index (χ0n) is 11.4. The summed E-state index contributed by atoms with van der Waals surface area (Å²) in [6.07, 6.45) is 3.23. The van der Waals surface area contributed by atoms with Crippen molar-refractivity contribution < 1.29 is 14.7 Å². The van der Waals surface area contributed by atoms with Crippen LogP contribution in [0.15, 0.2) is 48.8 Å². The highest BCUT2D eigenvalue weighted by atomic mass is 16.4. The number of aromatic nitrogens is 1. The lowest BCUT2D eigenvalue weighted by atomic mass is 9.80. The summed E-state index contributed by atoms with van der Waals surface area (Å²) in [5.74, 6) is -1.92. The molecular weight excluding hydrogens is 268 g/mol. The molecule has 1 amide bonds. The summed E-state index contributed by atoms with van der Waals surface area (Å²) in [7, 11) is 1.63. The summed E-state index contributed by atoms with van der Waals surface area (Å²) in [6.45, 7) is 0. The Labute approximate surface area is 121 Å². The van der Waals surface area contributed by atoms with Crippen molar-refractivity contribution in [1.82, 2.24) is 9.88 Å². The molecule has 1 N–H and O–H groups in total. The molecule has 5 heteroatoms. The number of aliphatic carboxylic acids is 1. The predicted molar refractivity (Wildman–Crippen MR) is 75.9 cm³/mol. The van der Waals surface area contributed by atoms with Gasteiger partial charge < -0.3 is 10.0 Å². The molecule has 1 aliphatic rings. The third kappa shape index (κ3) is 2.07. The number of carbonyl (C=O) groups is 2. The van der Waals surface area contributed by atoms with Crippen LogP contribution < -0.4 is 0 Å².